The van der Waals surface area contributed by atoms with Crippen LogP contribution in [0.15, 0.2) is 96.2 Å². The summed E-state index contributed by atoms with van der Waals surface area (Å²) in [6.07, 6.45) is 5.52. The highest BCUT2D eigenvalue weighted by atomic mass is 32.2. The van der Waals surface area contributed by atoms with Gasteiger partial charge in [0.25, 0.3) is 5.56 Å². The molecule has 41 heavy (non-hydrogen) atoms. The number of nitrogens with one attached hydrogen (secondary N) is 1. The first-order valence-corrected chi connectivity index (χ1v) is 13.7. The fourth-order valence-electron chi connectivity index (χ4n) is 4.43. The molecule has 5 aromatic rings. The molecular weight excluding hydrogens is 550 g/mol. The second-order valence-electron chi connectivity index (χ2n) is 9.35. The van der Waals surface area contributed by atoms with Crippen LogP contribution in [-0.4, -0.2) is 29.7 Å². The van der Waals surface area contributed by atoms with Crippen LogP contribution in [0.2, 0.25) is 0 Å². The molecule has 0 aliphatic carbocycles. The second kappa shape index (κ2) is 12.4. The monoisotopic (exact) mass is 575 g/mol. The van der Waals surface area contributed by atoms with Crippen molar-refractivity contribution >= 4 is 11.3 Å². The standard InChI is InChI=1S/C30H26F2N4O4S/c1-35-19-26(24(15-30(35)37)22-16-33-36(18-22)17-21-5-3-2-4-6-21)25-13-20(11-12-34-41(38)39)7-9-28(25)40-29-10-8-23(31)14-27(29)32/h2-10,13-16,18-19,34H,11-12,17H2,1H3,(H,38,39)/p-1. The molecule has 0 aliphatic rings. The zero-order valence-corrected chi connectivity index (χ0v) is 22.7. The molecule has 0 amide bonds. The van der Waals surface area contributed by atoms with Gasteiger partial charge in [-0.05, 0) is 47.4 Å². The van der Waals surface area contributed by atoms with Crippen molar-refractivity contribution < 1.29 is 22.3 Å². The van der Waals surface area contributed by atoms with Crippen LogP contribution in [0.5, 0.6) is 11.5 Å². The Morgan fingerprint density at radius 1 is 0.927 bits per heavy atom. The van der Waals surface area contributed by atoms with Crippen LogP contribution in [0.4, 0.5) is 8.78 Å². The molecule has 1 atom stereocenters. The summed E-state index contributed by atoms with van der Waals surface area (Å²) in [6, 6.07) is 19.5. The fraction of sp³-hybridized carbons (Fsp3) is 0.133. The van der Waals surface area contributed by atoms with Crippen LogP contribution in [0.1, 0.15) is 11.1 Å². The predicted molar refractivity (Wildman–Crippen MR) is 151 cm³/mol. The predicted octanol–water partition coefficient (Wildman–Crippen LogP) is 4.96. The number of pyridine rings is 1. The van der Waals surface area contributed by atoms with Crippen molar-refractivity contribution in [2.45, 2.75) is 13.0 Å². The SMILES string of the molecule is Cn1cc(-c2cc(CCNS(=O)[O-])ccc2Oc2ccc(F)cc2F)c(-c2cnn(Cc3ccccc3)c2)cc1=O. The van der Waals surface area contributed by atoms with Gasteiger partial charge in [-0.25, -0.2) is 13.5 Å². The number of nitrogens with zero attached hydrogens (tertiary/aromatic N) is 3. The van der Waals surface area contributed by atoms with E-state index in [1.54, 1.807) is 42.3 Å². The Bertz CT molecular complexity index is 1770. The molecule has 210 valence electrons. The minimum Gasteiger partial charge on any atom is -0.760 e. The van der Waals surface area contributed by atoms with Gasteiger partial charge >= 0.3 is 0 Å². The van der Waals surface area contributed by atoms with E-state index in [1.165, 1.54) is 16.7 Å². The Balaban J connectivity index is 1.60. The summed E-state index contributed by atoms with van der Waals surface area (Å²) in [6.45, 7) is 0.692. The van der Waals surface area contributed by atoms with E-state index < -0.39 is 22.9 Å². The first-order chi connectivity index (χ1) is 19.8. The lowest BCUT2D eigenvalue weighted by Gasteiger charge is -2.17. The van der Waals surface area contributed by atoms with Crippen LogP contribution < -0.4 is 15.0 Å². The van der Waals surface area contributed by atoms with Gasteiger partial charge in [-0.2, -0.15) is 5.10 Å². The Hall–Kier alpha value is -4.45. The molecule has 2 heterocycles. The summed E-state index contributed by atoms with van der Waals surface area (Å²) in [5.41, 5.74) is 3.97. The summed E-state index contributed by atoms with van der Waals surface area (Å²) < 4.78 is 61.4. The minimum absolute atomic E-state index is 0.161. The van der Waals surface area contributed by atoms with Gasteiger partial charge in [0.05, 0.1) is 12.7 Å². The molecule has 0 fully saturated rings. The topological polar surface area (TPSA) is 101 Å². The van der Waals surface area contributed by atoms with Gasteiger partial charge in [0.15, 0.2) is 11.6 Å². The van der Waals surface area contributed by atoms with Crippen molar-refractivity contribution in [1.82, 2.24) is 19.1 Å². The first kappa shape index (κ1) is 28.1. The zero-order chi connectivity index (χ0) is 28.9. The summed E-state index contributed by atoms with van der Waals surface area (Å²) in [5.74, 6) is -1.52. The van der Waals surface area contributed by atoms with Crippen LogP contribution in [0.25, 0.3) is 22.3 Å². The van der Waals surface area contributed by atoms with Gasteiger partial charge in [-0.1, -0.05) is 36.4 Å². The van der Waals surface area contributed by atoms with Crippen LogP contribution >= 0.6 is 0 Å². The van der Waals surface area contributed by atoms with Gasteiger partial charge in [-0.15, -0.1) is 0 Å². The number of ether oxygens (including phenoxy) is 1. The molecule has 8 nitrogen and oxygen atoms in total. The lowest BCUT2D eigenvalue weighted by Crippen LogP contribution is -2.19. The highest BCUT2D eigenvalue weighted by molar-refractivity contribution is 7.77. The normalized spacial score (nSPS) is 11.9. The van der Waals surface area contributed by atoms with E-state index in [4.69, 9.17) is 4.74 Å². The lowest BCUT2D eigenvalue weighted by atomic mass is 9.95. The van der Waals surface area contributed by atoms with Crippen molar-refractivity contribution in [1.29, 1.82) is 0 Å². The summed E-state index contributed by atoms with van der Waals surface area (Å²) in [5, 5.41) is 4.48. The Morgan fingerprint density at radius 3 is 2.46 bits per heavy atom. The van der Waals surface area contributed by atoms with E-state index in [1.807, 2.05) is 36.5 Å². The maximum absolute atomic E-state index is 14.5. The summed E-state index contributed by atoms with van der Waals surface area (Å²) >= 11 is -2.41. The summed E-state index contributed by atoms with van der Waals surface area (Å²) in [4.78, 5) is 12.8. The second-order valence-corrected chi connectivity index (χ2v) is 10.1. The average molecular weight is 576 g/mol. The van der Waals surface area contributed by atoms with Gasteiger partial charge in [-0.3, -0.25) is 13.7 Å². The zero-order valence-electron chi connectivity index (χ0n) is 21.9. The highest BCUT2D eigenvalue weighted by Gasteiger charge is 2.18. The average Bonchev–Trinajstić information content (AvgIpc) is 3.41. The number of rotatable bonds is 10. The molecule has 0 saturated carbocycles. The Labute approximate surface area is 237 Å². The van der Waals surface area contributed by atoms with Crippen molar-refractivity contribution in [3.05, 3.63) is 125 Å². The third-order valence-electron chi connectivity index (χ3n) is 6.44. The van der Waals surface area contributed by atoms with Gasteiger partial charge in [0.1, 0.15) is 11.6 Å². The molecular formula is C30H25F2N4O4S-. The van der Waals surface area contributed by atoms with Gasteiger partial charge < -0.3 is 13.9 Å². The molecule has 0 saturated heterocycles. The fourth-order valence-corrected chi connectivity index (χ4v) is 4.70. The molecule has 0 radical (unpaired) electrons. The highest BCUT2D eigenvalue weighted by Crippen LogP contribution is 2.39. The van der Waals surface area contributed by atoms with E-state index in [-0.39, 0.29) is 23.6 Å². The number of aromatic nitrogens is 3. The molecule has 2 aromatic heterocycles. The van der Waals surface area contributed by atoms with E-state index in [9.17, 15) is 22.3 Å². The molecule has 11 heteroatoms. The smallest absolute Gasteiger partial charge is 0.250 e. The molecule has 1 unspecified atom stereocenters. The maximum atomic E-state index is 14.5. The third kappa shape index (κ3) is 6.83. The van der Waals surface area contributed by atoms with Crippen molar-refractivity contribution in [2.24, 2.45) is 7.05 Å². The number of hydrogen-bond donors (Lipinski definition) is 1. The van der Waals surface area contributed by atoms with E-state index in [0.717, 1.165) is 23.3 Å². The van der Waals surface area contributed by atoms with E-state index >= 15 is 0 Å². The maximum Gasteiger partial charge on any atom is 0.250 e. The quantitative estimate of drug-likeness (QED) is 0.237. The number of benzene rings is 3. The number of hydrogen-bond acceptors (Lipinski definition) is 5. The molecule has 0 aliphatic heterocycles. The number of halogens is 2. The lowest BCUT2D eigenvalue weighted by molar-refractivity contribution is 0.439. The van der Waals surface area contributed by atoms with Crippen LogP contribution in [-0.2, 0) is 31.3 Å². The van der Waals surface area contributed by atoms with Crippen molar-refractivity contribution in [3.8, 4) is 33.8 Å². The molecule has 0 bridgehead atoms. The van der Waals surface area contributed by atoms with E-state index in [0.29, 0.717) is 35.2 Å². The van der Waals surface area contributed by atoms with Gasteiger partial charge in [0.2, 0.25) is 0 Å². The molecule has 0 spiro atoms. The van der Waals surface area contributed by atoms with Crippen molar-refractivity contribution in [3.63, 3.8) is 0 Å². The first-order valence-electron chi connectivity index (χ1n) is 12.6. The molecule has 5 rings (SSSR count). The van der Waals surface area contributed by atoms with Crippen LogP contribution in [0.3, 0.4) is 0 Å². The molecule has 1 N–H and O–H groups in total. The largest absolute Gasteiger partial charge is 0.760 e. The van der Waals surface area contributed by atoms with Crippen molar-refractivity contribution in [2.75, 3.05) is 6.54 Å². The minimum atomic E-state index is -2.41. The summed E-state index contributed by atoms with van der Waals surface area (Å²) in [7, 11) is 1.62. The van der Waals surface area contributed by atoms with E-state index in [2.05, 4.69) is 9.82 Å². The molecule has 3 aromatic carbocycles. The third-order valence-corrected chi connectivity index (χ3v) is 6.88. The van der Waals surface area contributed by atoms with Crippen LogP contribution in [0, 0.1) is 11.6 Å². The Morgan fingerprint density at radius 2 is 1.71 bits per heavy atom. The number of aryl methyl sites for hydroxylation is 1. The van der Waals surface area contributed by atoms with Gasteiger partial charge in [0, 0.05) is 66.1 Å². The Kier molecular flexibility index (Phi) is 8.48.